The third kappa shape index (κ3) is 7.25. The van der Waals surface area contributed by atoms with Crippen LogP contribution in [0.4, 0.5) is 5.69 Å². The van der Waals surface area contributed by atoms with Gasteiger partial charge in [0.1, 0.15) is 11.3 Å². The number of aromatic nitrogens is 4. The molecule has 1 amide bonds. The molecule has 4 rings (SSSR count). The fourth-order valence-corrected chi connectivity index (χ4v) is 3.07. The highest BCUT2D eigenvalue weighted by Gasteiger charge is 2.18. The Morgan fingerprint density at radius 3 is 2.45 bits per heavy atom. The summed E-state index contributed by atoms with van der Waals surface area (Å²) in [4.78, 5) is 27.8. The number of anilines is 1. The first-order chi connectivity index (χ1) is 18.4. The third-order valence-corrected chi connectivity index (χ3v) is 5.05. The number of carbonyl (C=O) groups excluding carboxylic acids is 1. The summed E-state index contributed by atoms with van der Waals surface area (Å²) in [6.07, 6.45) is 1.38. The van der Waals surface area contributed by atoms with Gasteiger partial charge in [0.2, 0.25) is 5.88 Å². The minimum Gasteiger partial charge on any atom is -0.476 e. The number of nitrogens with zero attached hydrogens (tertiary/aromatic N) is 4. The number of nitrogens with one attached hydrogen (secondary N) is 4. The van der Waals surface area contributed by atoms with Gasteiger partial charge >= 0.3 is 5.97 Å². The predicted octanol–water partition coefficient (Wildman–Crippen LogP) is 3.09. The monoisotopic (exact) mass is 536 g/mol. The average molecular weight is 537 g/mol. The molecule has 0 aliphatic carbocycles. The fourth-order valence-electron chi connectivity index (χ4n) is 2.94. The second-order valence-corrected chi connectivity index (χ2v) is 8.03. The number of benzene rings is 2. The van der Waals surface area contributed by atoms with Gasteiger partial charge in [-0.05, 0) is 55.0 Å². The zero-order valence-electron chi connectivity index (χ0n) is 19.8. The fraction of sp³-hybridized carbons (Fsp3) is 0.0833. The van der Waals surface area contributed by atoms with E-state index in [4.69, 9.17) is 26.0 Å². The van der Waals surface area contributed by atoms with Crippen molar-refractivity contribution >= 4 is 34.7 Å². The Morgan fingerprint density at radius 1 is 1.05 bits per heavy atom. The van der Waals surface area contributed by atoms with Crippen LogP contribution >= 0.6 is 11.6 Å². The number of rotatable bonds is 11. The maximum Gasteiger partial charge on any atom is 0.356 e. The van der Waals surface area contributed by atoms with Gasteiger partial charge in [-0.3, -0.25) is 4.79 Å². The number of carboxylic acids is 1. The molecule has 2 aromatic carbocycles. The van der Waals surface area contributed by atoms with Crippen LogP contribution in [0, 0.1) is 6.92 Å². The molecular weight excluding hydrogens is 516 g/mol. The number of carbonyl (C=O) groups is 2. The maximum atomic E-state index is 12.8. The predicted molar refractivity (Wildman–Crippen MR) is 136 cm³/mol. The average Bonchev–Trinajstić information content (AvgIpc) is 3.35. The van der Waals surface area contributed by atoms with Gasteiger partial charge in [0.05, 0.1) is 5.69 Å². The molecule has 14 heteroatoms. The maximum absolute atomic E-state index is 12.8. The van der Waals surface area contributed by atoms with Gasteiger partial charge in [-0.15, -0.1) is 10.2 Å². The highest BCUT2D eigenvalue weighted by Crippen LogP contribution is 2.21. The minimum atomic E-state index is -1.17. The topological polar surface area (TPSA) is 176 Å². The van der Waals surface area contributed by atoms with E-state index in [0.29, 0.717) is 22.3 Å². The molecule has 194 valence electrons. The Morgan fingerprint density at radius 2 is 1.82 bits per heavy atom. The lowest BCUT2D eigenvalue weighted by Crippen LogP contribution is -2.34. The first-order valence-corrected chi connectivity index (χ1v) is 11.4. The molecule has 0 saturated carbocycles. The lowest BCUT2D eigenvalue weighted by atomic mass is 10.2. The summed E-state index contributed by atoms with van der Waals surface area (Å²) in [5.74, 6) is -0.557. The van der Waals surface area contributed by atoms with E-state index >= 15 is 0 Å². The van der Waals surface area contributed by atoms with Crippen LogP contribution in [0.2, 0.25) is 5.02 Å². The van der Waals surface area contributed by atoms with Crippen molar-refractivity contribution in [2.75, 3.05) is 5.43 Å². The second-order valence-electron chi connectivity index (χ2n) is 7.60. The number of aryl methyl sites for hydroxylation is 1. The molecule has 5 N–H and O–H groups in total. The van der Waals surface area contributed by atoms with Crippen LogP contribution in [0.1, 0.15) is 27.8 Å². The number of amides is 1. The summed E-state index contributed by atoms with van der Waals surface area (Å²) < 4.78 is 10.7. The normalized spacial score (nSPS) is 11.1. The number of ether oxygens (including phenoxy) is 1. The van der Waals surface area contributed by atoms with Gasteiger partial charge in [-0.1, -0.05) is 28.9 Å². The molecule has 0 saturated heterocycles. The van der Waals surface area contributed by atoms with E-state index in [9.17, 15) is 9.59 Å². The third-order valence-electron chi connectivity index (χ3n) is 4.80. The smallest absolute Gasteiger partial charge is 0.356 e. The Kier molecular flexibility index (Phi) is 8.43. The number of hydrazine groups is 2. The van der Waals surface area contributed by atoms with Gasteiger partial charge in [-0.25, -0.2) is 4.79 Å². The van der Waals surface area contributed by atoms with Crippen molar-refractivity contribution < 1.29 is 24.0 Å². The number of halogens is 1. The highest BCUT2D eigenvalue weighted by atomic mass is 35.5. The van der Waals surface area contributed by atoms with Crippen LogP contribution in [-0.4, -0.2) is 37.3 Å². The van der Waals surface area contributed by atoms with E-state index in [1.54, 1.807) is 43.3 Å². The summed E-state index contributed by atoms with van der Waals surface area (Å²) in [7, 11) is 0. The molecular formula is C24H21ClN8O5. The van der Waals surface area contributed by atoms with E-state index in [2.05, 4.69) is 42.0 Å². The molecule has 0 unspecified atom stereocenters. The van der Waals surface area contributed by atoms with Crippen LogP contribution in [0.3, 0.4) is 0 Å². The van der Waals surface area contributed by atoms with Crippen LogP contribution in [0.25, 0.3) is 5.57 Å². The minimum absolute atomic E-state index is 0.0476. The largest absolute Gasteiger partial charge is 0.476 e. The molecule has 2 heterocycles. The van der Waals surface area contributed by atoms with Gasteiger partial charge in [0, 0.05) is 23.8 Å². The summed E-state index contributed by atoms with van der Waals surface area (Å²) in [6.45, 7) is 1.92. The highest BCUT2D eigenvalue weighted by molar-refractivity contribution is 6.30. The van der Waals surface area contributed by atoms with Crippen LogP contribution in [0.15, 0.2) is 71.4 Å². The Labute approximate surface area is 220 Å². The van der Waals surface area contributed by atoms with Crippen molar-refractivity contribution in [1.29, 1.82) is 0 Å². The van der Waals surface area contributed by atoms with Crippen molar-refractivity contribution in [2.24, 2.45) is 0 Å². The molecule has 2 aromatic heterocycles. The summed E-state index contributed by atoms with van der Waals surface area (Å²) in [5, 5.41) is 23.3. The number of carboxylic acid groups (broad SMARTS) is 1. The zero-order chi connectivity index (χ0) is 26.9. The van der Waals surface area contributed by atoms with Crippen molar-refractivity contribution in [3.63, 3.8) is 0 Å². The molecule has 0 atom stereocenters. The Bertz CT molecular complexity index is 1420. The Balaban J connectivity index is 1.32. The quantitative estimate of drug-likeness (QED) is 0.108. The van der Waals surface area contributed by atoms with E-state index in [1.807, 2.05) is 12.1 Å². The van der Waals surface area contributed by atoms with Crippen molar-refractivity contribution in [1.82, 2.24) is 36.6 Å². The first-order valence-electron chi connectivity index (χ1n) is 11.0. The molecule has 0 radical (unpaired) electrons. The molecule has 4 aromatic rings. The molecule has 38 heavy (non-hydrogen) atoms. The van der Waals surface area contributed by atoms with E-state index in [0.717, 1.165) is 5.56 Å². The van der Waals surface area contributed by atoms with Crippen LogP contribution in [0.5, 0.6) is 11.6 Å². The summed E-state index contributed by atoms with van der Waals surface area (Å²) in [6, 6.07) is 16.6. The summed E-state index contributed by atoms with van der Waals surface area (Å²) in [5.41, 5.74) is 9.89. The molecule has 0 fully saturated rings. The van der Waals surface area contributed by atoms with Gasteiger partial charge in [0.25, 0.3) is 11.8 Å². The standard InChI is InChI=1S/C24H21ClN8O5/c1-14-28-23(38-32-14)19(22(34)26-12-15-2-4-16(25)5-3-15)13-27-33-29-17-6-8-18(9-7-17)37-21-11-10-20(24(35)36)30-31-21/h2-11,13,27,29,33H,12H2,1H3,(H,26,34)(H,35,36)/b19-13+. The van der Waals surface area contributed by atoms with Crippen LogP contribution < -0.4 is 26.4 Å². The SMILES string of the molecule is Cc1noc(/C(=C/NNNc2ccc(Oc3ccc(C(=O)O)nn3)cc2)C(=O)NCc2ccc(Cl)cc2)n1. The van der Waals surface area contributed by atoms with Crippen molar-refractivity contribution in [2.45, 2.75) is 13.5 Å². The van der Waals surface area contributed by atoms with Gasteiger partial charge in [-0.2, -0.15) is 10.5 Å². The molecule has 13 nitrogen and oxygen atoms in total. The van der Waals surface area contributed by atoms with Gasteiger partial charge in [0.15, 0.2) is 11.5 Å². The first kappa shape index (κ1) is 26.1. The van der Waals surface area contributed by atoms with E-state index < -0.39 is 11.9 Å². The number of hydrogen-bond acceptors (Lipinski definition) is 11. The van der Waals surface area contributed by atoms with Gasteiger partial charge < -0.3 is 30.5 Å². The van der Waals surface area contributed by atoms with Crippen LogP contribution in [-0.2, 0) is 11.3 Å². The molecule has 0 aliphatic heterocycles. The van der Waals surface area contributed by atoms with Crippen molar-refractivity contribution in [3.8, 4) is 11.6 Å². The molecule has 0 spiro atoms. The van der Waals surface area contributed by atoms with Crippen molar-refractivity contribution in [3.05, 3.63) is 94.9 Å². The van der Waals surface area contributed by atoms with E-state index in [-0.39, 0.29) is 29.6 Å². The lowest BCUT2D eigenvalue weighted by molar-refractivity contribution is -0.115. The Hall–Kier alpha value is -5.01. The zero-order valence-corrected chi connectivity index (χ0v) is 20.6. The molecule has 0 bridgehead atoms. The lowest BCUT2D eigenvalue weighted by Gasteiger charge is -2.11. The number of aromatic carboxylic acids is 1. The van der Waals surface area contributed by atoms with E-state index in [1.165, 1.54) is 18.3 Å². The number of hydrogen-bond donors (Lipinski definition) is 5. The second kappa shape index (κ2) is 12.3. The summed E-state index contributed by atoms with van der Waals surface area (Å²) >= 11 is 5.90. The molecule has 0 aliphatic rings.